The molecule has 0 aliphatic carbocycles. The maximum Gasteiger partial charge on any atom is 0.330 e. The first-order valence-electron chi connectivity index (χ1n) is 9.58. The minimum atomic E-state index is -1.08. The van der Waals surface area contributed by atoms with Crippen LogP contribution in [0.3, 0.4) is 0 Å². The van der Waals surface area contributed by atoms with Gasteiger partial charge in [-0.15, -0.1) is 0 Å². The number of hydrogen-bond acceptors (Lipinski definition) is 5. The quantitative estimate of drug-likeness (QED) is 0.410. The molecule has 0 radical (unpaired) electrons. The van der Waals surface area contributed by atoms with Crippen LogP contribution in [0.15, 0.2) is 46.2 Å². The number of carboxylic acid groups (broad SMARTS) is 1. The second kappa shape index (κ2) is 8.01. The third-order valence-electron chi connectivity index (χ3n) is 5.02. The molecule has 4 rings (SSSR count). The molecule has 3 aromatic heterocycles. The number of benzene rings is 1. The van der Waals surface area contributed by atoms with Gasteiger partial charge in [-0.05, 0) is 24.1 Å². The van der Waals surface area contributed by atoms with Crippen LogP contribution in [0, 0.1) is 11.7 Å². The number of carbonyl (C=O) groups is 1. The van der Waals surface area contributed by atoms with Crippen molar-refractivity contribution < 1.29 is 14.3 Å². The van der Waals surface area contributed by atoms with Crippen LogP contribution in [-0.2, 0) is 17.9 Å². The SMILES string of the molecule is CCC(Cn1c(=O)[nH]c2nc(-c3cnn(Cc4cccc(F)c4)c3)[nH]c2c1=O)C(=O)O. The molecule has 0 bridgehead atoms. The second-order valence-electron chi connectivity index (χ2n) is 7.15. The third kappa shape index (κ3) is 4.02. The molecule has 3 heterocycles. The van der Waals surface area contributed by atoms with Gasteiger partial charge in [0.2, 0.25) is 0 Å². The van der Waals surface area contributed by atoms with E-state index in [1.165, 1.54) is 18.3 Å². The molecule has 0 spiro atoms. The zero-order valence-corrected chi connectivity index (χ0v) is 16.5. The average molecular weight is 426 g/mol. The number of imidazole rings is 1. The normalized spacial score (nSPS) is 12.3. The Balaban J connectivity index is 1.66. The second-order valence-corrected chi connectivity index (χ2v) is 7.15. The van der Waals surface area contributed by atoms with Crippen LogP contribution in [0.5, 0.6) is 0 Å². The zero-order chi connectivity index (χ0) is 22.1. The van der Waals surface area contributed by atoms with Gasteiger partial charge in [-0.1, -0.05) is 19.1 Å². The summed E-state index contributed by atoms with van der Waals surface area (Å²) in [4.78, 5) is 46.0. The highest BCUT2D eigenvalue weighted by atomic mass is 19.1. The lowest BCUT2D eigenvalue weighted by Gasteiger charge is -2.10. The molecule has 1 unspecified atom stereocenters. The van der Waals surface area contributed by atoms with Crippen molar-refractivity contribution >= 4 is 17.1 Å². The van der Waals surface area contributed by atoms with E-state index in [-0.39, 0.29) is 29.9 Å². The molecule has 0 saturated carbocycles. The van der Waals surface area contributed by atoms with E-state index < -0.39 is 23.1 Å². The van der Waals surface area contributed by atoms with Gasteiger partial charge in [-0.25, -0.2) is 14.2 Å². The highest BCUT2D eigenvalue weighted by molar-refractivity contribution is 5.74. The summed E-state index contributed by atoms with van der Waals surface area (Å²) in [5.41, 5.74) is 0.0587. The molecule has 10 nitrogen and oxygen atoms in total. The summed E-state index contributed by atoms with van der Waals surface area (Å²) in [6.45, 7) is 1.78. The number of hydrogen-bond donors (Lipinski definition) is 3. The van der Waals surface area contributed by atoms with Crippen molar-refractivity contribution in [3.8, 4) is 11.4 Å². The standard InChI is InChI=1S/C20H19FN6O4/c1-2-12(19(29)30)10-27-18(28)15-17(25-20(27)31)24-16(23-15)13-7-22-26(9-13)8-11-4-3-5-14(21)6-11/h3-7,9,12H,2,8,10H2,1H3,(H,23,24)(H,25,31)(H,29,30). The van der Waals surface area contributed by atoms with Gasteiger partial charge in [0.25, 0.3) is 5.56 Å². The average Bonchev–Trinajstić information content (AvgIpc) is 3.35. The Morgan fingerprint density at radius 2 is 2.10 bits per heavy atom. The lowest BCUT2D eigenvalue weighted by molar-refractivity contribution is -0.142. The number of rotatable bonds is 7. The number of H-pyrrole nitrogens is 2. The predicted octanol–water partition coefficient (Wildman–Crippen LogP) is 1.57. The summed E-state index contributed by atoms with van der Waals surface area (Å²) < 4.78 is 15.8. The van der Waals surface area contributed by atoms with E-state index in [0.29, 0.717) is 17.9 Å². The van der Waals surface area contributed by atoms with Gasteiger partial charge in [0.1, 0.15) is 17.2 Å². The van der Waals surface area contributed by atoms with Crippen molar-refractivity contribution in [1.29, 1.82) is 0 Å². The molecule has 0 aliphatic heterocycles. The molecule has 11 heteroatoms. The summed E-state index contributed by atoms with van der Waals surface area (Å²) in [7, 11) is 0. The molecule has 31 heavy (non-hydrogen) atoms. The molecule has 0 aliphatic rings. The highest BCUT2D eigenvalue weighted by Crippen LogP contribution is 2.17. The summed E-state index contributed by atoms with van der Waals surface area (Å²) in [6.07, 6.45) is 3.49. The molecule has 0 amide bonds. The summed E-state index contributed by atoms with van der Waals surface area (Å²) in [5.74, 6) is -1.96. The molecule has 1 aromatic carbocycles. The Kier molecular flexibility index (Phi) is 5.24. The van der Waals surface area contributed by atoms with E-state index in [1.807, 2.05) is 0 Å². The third-order valence-corrected chi connectivity index (χ3v) is 5.02. The highest BCUT2D eigenvalue weighted by Gasteiger charge is 2.20. The van der Waals surface area contributed by atoms with Crippen LogP contribution in [0.4, 0.5) is 4.39 Å². The lowest BCUT2D eigenvalue weighted by Crippen LogP contribution is -2.38. The van der Waals surface area contributed by atoms with Crippen LogP contribution < -0.4 is 11.2 Å². The number of carboxylic acids is 1. The van der Waals surface area contributed by atoms with Crippen molar-refractivity contribution in [2.24, 2.45) is 5.92 Å². The number of aliphatic carboxylic acids is 1. The molecule has 4 aromatic rings. The van der Waals surface area contributed by atoms with Crippen LogP contribution >= 0.6 is 0 Å². The summed E-state index contributed by atoms with van der Waals surface area (Å²) >= 11 is 0. The van der Waals surface area contributed by atoms with Gasteiger partial charge in [0, 0.05) is 12.7 Å². The van der Waals surface area contributed by atoms with Crippen molar-refractivity contribution in [1.82, 2.24) is 29.3 Å². The fourth-order valence-electron chi connectivity index (χ4n) is 3.31. The number of nitrogens with zero attached hydrogens (tertiary/aromatic N) is 4. The van der Waals surface area contributed by atoms with E-state index in [1.54, 1.807) is 29.9 Å². The van der Waals surface area contributed by atoms with Crippen LogP contribution in [0.1, 0.15) is 18.9 Å². The van der Waals surface area contributed by atoms with Gasteiger partial charge >= 0.3 is 11.7 Å². The van der Waals surface area contributed by atoms with Gasteiger partial charge in [0.15, 0.2) is 5.65 Å². The van der Waals surface area contributed by atoms with Crippen molar-refractivity contribution in [2.45, 2.75) is 26.4 Å². The first-order valence-corrected chi connectivity index (χ1v) is 9.58. The first kappa shape index (κ1) is 20.3. The molecule has 3 N–H and O–H groups in total. The molecule has 1 atom stereocenters. The molecule has 0 saturated heterocycles. The number of aromatic nitrogens is 6. The molecular weight excluding hydrogens is 407 g/mol. The zero-order valence-electron chi connectivity index (χ0n) is 16.5. The Morgan fingerprint density at radius 1 is 1.29 bits per heavy atom. The number of aromatic amines is 2. The molecule has 160 valence electrons. The lowest BCUT2D eigenvalue weighted by atomic mass is 10.1. The molecular formula is C20H19FN6O4. The number of halogens is 1. The van der Waals surface area contributed by atoms with Crippen LogP contribution in [-0.4, -0.2) is 40.4 Å². The van der Waals surface area contributed by atoms with Crippen molar-refractivity contribution in [3.63, 3.8) is 0 Å². The Bertz CT molecular complexity index is 1380. The van der Waals surface area contributed by atoms with Gasteiger partial charge < -0.3 is 10.1 Å². The van der Waals surface area contributed by atoms with Gasteiger partial charge in [-0.2, -0.15) is 5.10 Å². The van der Waals surface area contributed by atoms with Gasteiger partial charge in [-0.3, -0.25) is 23.8 Å². The Hall–Kier alpha value is -4.02. The van der Waals surface area contributed by atoms with E-state index >= 15 is 0 Å². The minimum absolute atomic E-state index is 0.0627. The van der Waals surface area contributed by atoms with E-state index in [2.05, 4.69) is 20.1 Å². The maximum atomic E-state index is 13.4. The Morgan fingerprint density at radius 3 is 2.81 bits per heavy atom. The number of nitrogens with one attached hydrogen (secondary N) is 2. The van der Waals surface area contributed by atoms with Crippen molar-refractivity contribution in [2.75, 3.05) is 0 Å². The summed E-state index contributed by atoms with van der Waals surface area (Å²) in [6, 6.07) is 6.16. The molecule has 0 fully saturated rings. The monoisotopic (exact) mass is 426 g/mol. The first-order chi connectivity index (χ1) is 14.9. The van der Waals surface area contributed by atoms with E-state index in [9.17, 15) is 23.9 Å². The Labute approximate surface area is 174 Å². The van der Waals surface area contributed by atoms with Crippen LogP contribution in [0.2, 0.25) is 0 Å². The fraction of sp³-hybridized carbons (Fsp3) is 0.250. The van der Waals surface area contributed by atoms with E-state index in [4.69, 9.17) is 0 Å². The number of fused-ring (bicyclic) bond motifs is 1. The van der Waals surface area contributed by atoms with Gasteiger partial charge in [0.05, 0.1) is 24.2 Å². The largest absolute Gasteiger partial charge is 0.481 e. The summed E-state index contributed by atoms with van der Waals surface area (Å²) in [5, 5.41) is 13.5. The minimum Gasteiger partial charge on any atom is -0.481 e. The maximum absolute atomic E-state index is 13.4. The smallest absolute Gasteiger partial charge is 0.330 e. The van der Waals surface area contributed by atoms with Crippen LogP contribution in [0.25, 0.3) is 22.6 Å². The van der Waals surface area contributed by atoms with Crippen molar-refractivity contribution in [3.05, 3.63) is 68.9 Å². The van der Waals surface area contributed by atoms with E-state index in [0.717, 1.165) is 10.1 Å². The fourth-order valence-corrected chi connectivity index (χ4v) is 3.31. The predicted molar refractivity (Wildman–Crippen MR) is 109 cm³/mol. The topological polar surface area (TPSA) is 139 Å².